The summed E-state index contributed by atoms with van der Waals surface area (Å²) in [5, 5.41) is 12.1. The van der Waals surface area contributed by atoms with Crippen LogP contribution in [0.2, 0.25) is 5.02 Å². The summed E-state index contributed by atoms with van der Waals surface area (Å²) < 4.78 is 17.0. The molecule has 0 unspecified atom stereocenters. The Hall–Kier alpha value is -3.06. The van der Waals surface area contributed by atoms with Crippen LogP contribution in [0.4, 0.5) is 0 Å². The maximum Gasteiger partial charge on any atom is 0.258 e. The Morgan fingerprint density at radius 2 is 1.68 bits per heavy atom. The van der Waals surface area contributed by atoms with Gasteiger partial charge in [0.1, 0.15) is 11.5 Å². The lowest BCUT2D eigenvalue weighted by atomic mass is 9.39. The van der Waals surface area contributed by atoms with Gasteiger partial charge in [0, 0.05) is 10.6 Å². The van der Waals surface area contributed by atoms with Gasteiger partial charge in [-0.05, 0) is 62.6 Å². The molecule has 1 heterocycles. The minimum absolute atomic E-state index is 0.00452. The highest BCUT2D eigenvalue weighted by atomic mass is 35.5. The zero-order valence-electron chi connectivity index (χ0n) is 17.1. The number of amides is 1. The number of benzene rings is 2. The molecule has 1 aromatic heterocycles. The van der Waals surface area contributed by atoms with E-state index in [1.807, 2.05) is 31.2 Å². The van der Waals surface area contributed by atoms with Crippen molar-refractivity contribution in [3.05, 3.63) is 70.9 Å². The molecule has 0 spiro atoms. The number of ether oxygens (including phenoxy) is 2. The normalized spacial score (nSPS) is 23.4. The van der Waals surface area contributed by atoms with E-state index >= 15 is 0 Å². The van der Waals surface area contributed by atoms with E-state index < -0.39 is 0 Å². The average Bonchev–Trinajstić information content (AvgIpc) is 3.17. The third-order valence-electron chi connectivity index (χ3n) is 5.92. The topological polar surface area (TPSA) is 86.5 Å². The van der Waals surface area contributed by atoms with Crippen LogP contribution >= 0.6 is 11.6 Å². The lowest BCUT2D eigenvalue weighted by Crippen LogP contribution is -2.77. The fourth-order valence-electron chi connectivity index (χ4n) is 4.46. The van der Waals surface area contributed by atoms with Gasteiger partial charge in [0.25, 0.3) is 11.8 Å². The minimum Gasteiger partial charge on any atom is -0.484 e. The number of aryl methyl sites for hydroxylation is 1. The molecule has 6 rings (SSSR count). The van der Waals surface area contributed by atoms with Crippen LogP contribution in [0.5, 0.6) is 11.5 Å². The van der Waals surface area contributed by atoms with Crippen molar-refractivity contribution in [2.75, 3.05) is 6.61 Å². The molecule has 160 valence electrons. The highest BCUT2D eigenvalue weighted by Crippen LogP contribution is 2.67. The minimum atomic E-state index is -0.178. The summed E-state index contributed by atoms with van der Waals surface area (Å²) in [6.45, 7) is 2.21. The lowest BCUT2D eigenvalue weighted by Gasteiger charge is -2.68. The Kier molecular flexibility index (Phi) is 4.85. The fraction of sp³-hybridized carbons (Fsp3) is 0.348. The quantitative estimate of drug-likeness (QED) is 0.571. The number of carbonyl (C=O) groups is 1. The van der Waals surface area contributed by atoms with Crippen molar-refractivity contribution in [3.63, 3.8) is 0 Å². The highest BCUT2D eigenvalue weighted by Gasteiger charge is 2.71. The van der Waals surface area contributed by atoms with Gasteiger partial charge in [-0.15, -0.1) is 10.2 Å². The van der Waals surface area contributed by atoms with E-state index in [0.29, 0.717) is 28.3 Å². The zero-order valence-corrected chi connectivity index (χ0v) is 17.8. The van der Waals surface area contributed by atoms with Gasteiger partial charge < -0.3 is 19.2 Å². The van der Waals surface area contributed by atoms with Crippen molar-refractivity contribution < 1.29 is 18.7 Å². The van der Waals surface area contributed by atoms with Crippen molar-refractivity contribution in [3.8, 4) is 11.5 Å². The molecule has 3 aromatic rings. The van der Waals surface area contributed by atoms with E-state index in [1.54, 1.807) is 24.3 Å². The lowest BCUT2D eigenvalue weighted by molar-refractivity contribution is -0.143. The van der Waals surface area contributed by atoms with Crippen molar-refractivity contribution in [1.29, 1.82) is 0 Å². The predicted octanol–water partition coefficient (Wildman–Crippen LogP) is 3.98. The van der Waals surface area contributed by atoms with Gasteiger partial charge in [0.15, 0.2) is 13.2 Å². The molecule has 0 aliphatic heterocycles. The first kappa shape index (κ1) is 19.9. The third-order valence-corrected chi connectivity index (χ3v) is 6.17. The predicted molar refractivity (Wildman–Crippen MR) is 113 cm³/mol. The van der Waals surface area contributed by atoms with Gasteiger partial charge in [0.2, 0.25) is 5.89 Å². The highest BCUT2D eigenvalue weighted by molar-refractivity contribution is 6.30. The Morgan fingerprint density at radius 1 is 1.03 bits per heavy atom. The maximum atomic E-state index is 12.3. The number of aromatic nitrogens is 2. The van der Waals surface area contributed by atoms with Gasteiger partial charge in [-0.2, -0.15) is 0 Å². The fourth-order valence-corrected chi connectivity index (χ4v) is 4.59. The Bertz CT molecular complexity index is 1070. The molecule has 31 heavy (non-hydrogen) atoms. The molecule has 2 aromatic carbocycles. The van der Waals surface area contributed by atoms with E-state index in [9.17, 15) is 4.79 Å². The molecule has 3 fully saturated rings. The summed E-state index contributed by atoms with van der Waals surface area (Å²) in [6, 6.07) is 14.7. The van der Waals surface area contributed by atoms with Crippen LogP contribution in [0, 0.1) is 6.92 Å². The summed E-state index contributed by atoms with van der Waals surface area (Å²) in [5.41, 5.74) is 0.843. The second-order valence-corrected chi connectivity index (χ2v) is 8.92. The Morgan fingerprint density at radius 3 is 2.39 bits per heavy atom. The summed E-state index contributed by atoms with van der Waals surface area (Å²) in [7, 11) is 0. The second-order valence-electron chi connectivity index (χ2n) is 8.48. The number of nitrogens with zero attached hydrogens (tertiary/aromatic N) is 2. The monoisotopic (exact) mass is 439 g/mol. The first-order chi connectivity index (χ1) is 14.9. The second kappa shape index (κ2) is 7.57. The molecule has 0 radical (unpaired) electrons. The molecule has 1 N–H and O–H groups in total. The van der Waals surface area contributed by atoms with Crippen LogP contribution in [-0.2, 0) is 16.8 Å². The number of hydrogen-bond donors (Lipinski definition) is 1. The SMILES string of the molecule is Cc1ccc(OCC(=O)NC23CC(c4nnc(COc5ccc(Cl)cc5)o4)(C2)C3)cc1. The number of rotatable bonds is 8. The molecule has 3 saturated carbocycles. The first-order valence-corrected chi connectivity index (χ1v) is 10.5. The largest absolute Gasteiger partial charge is 0.484 e. The van der Waals surface area contributed by atoms with Crippen LogP contribution in [0.15, 0.2) is 52.9 Å². The van der Waals surface area contributed by atoms with Gasteiger partial charge >= 0.3 is 0 Å². The van der Waals surface area contributed by atoms with E-state index in [4.69, 9.17) is 25.5 Å². The number of halogens is 1. The molecular weight excluding hydrogens is 418 g/mol. The Balaban J connectivity index is 1.09. The summed E-state index contributed by atoms with van der Waals surface area (Å²) in [4.78, 5) is 12.3. The molecule has 0 saturated heterocycles. The summed E-state index contributed by atoms with van der Waals surface area (Å²) in [5.74, 6) is 2.31. The van der Waals surface area contributed by atoms with Crippen molar-refractivity contribution >= 4 is 17.5 Å². The number of carbonyl (C=O) groups excluding carboxylic acids is 1. The van der Waals surface area contributed by atoms with Gasteiger partial charge in [-0.25, -0.2) is 0 Å². The van der Waals surface area contributed by atoms with E-state index in [0.717, 1.165) is 24.8 Å². The Labute approximate surface area is 184 Å². The average molecular weight is 440 g/mol. The number of hydrogen-bond acceptors (Lipinski definition) is 6. The van der Waals surface area contributed by atoms with Crippen LogP contribution in [0.25, 0.3) is 0 Å². The molecule has 1 amide bonds. The molecule has 7 nitrogen and oxygen atoms in total. The van der Waals surface area contributed by atoms with E-state index in [1.165, 1.54) is 0 Å². The molecule has 0 atom stereocenters. The summed E-state index contributed by atoms with van der Waals surface area (Å²) in [6.07, 6.45) is 2.40. The standard InChI is InChI=1S/C23H22ClN3O4/c1-15-2-6-17(7-3-15)29-10-19(28)25-23-12-22(13-23,14-23)21-27-26-20(31-21)11-30-18-8-4-16(24)5-9-18/h2-9H,10-14H2,1H3,(H,25,28). The van der Waals surface area contributed by atoms with Crippen molar-refractivity contribution in [2.45, 2.75) is 43.7 Å². The smallest absolute Gasteiger partial charge is 0.258 e. The van der Waals surface area contributed by atoms with E-state index in [2.05, 4.69) is 15.5 Å². The van der Waals surface area contributed by atoms with E-state index in [-0.39, 0.29) is 30.1 Å². The van der Waals surface area contributed by atoms with Crippen LogP contribution in [0.3, 0.4) is 0 Å². The third kappa shape index (κ3) is 3.97. The molecule has 8 heteroatoms. The number of nitrogens with one attached hydrogen (secondary N) is 1. The van der Waals surface area contributed by atoms with Gasteiger partial charge in [-0.1, -0.05) is 29.3 Å². The molecule has 2 bridgehead atoms. The molecule has 3 aliphatic carbocycles. The van der Waals surface area contributed by atoms with Crippen LogP contribution in [0.1, 0.15) is 36.6 Å². The molecular formula is C23H22ClN3O4. The maximum absolute atomic E-state index is 12.3. The van der Waals surface area contributed by atoms with Crippen molar-refractivity contribution in [2.24, 2.45) is 0 Å². The zero-order chi connectivity index (χ0) is 21.5. The van der Waals surface area contributed by atoms with Crippen LogP contribution < -0.4 is 14.8 Å². The summed E-state index contributed by atoms with van der Waals surface area (Å²) >= 11 is 5.87. The first-order valence-electron chi connectivity index (χ1n) is 10.2. The van der Waals surface area contributed by atoms with Gasteiger partial charge in [0.05, 0.1) is 5.41 Å². The van der Waals surface area contributed by atoms with Crippen LogP contribution in [-0.4, -0.2) is 28.3 Å². The molecule has 3 aliphatic rings. The van der Waals surface area contributed by atoms with Gasteiger partial charge in [-0.3, -0.25) is 4.79 Å². The van der Waals surface area contributed by atoms with Crippen molar-refractivity contribution in [1.82, 2.24) is 15.5 Å².